The van der Waals surface area contributed by atoms with Crippen molar-refractivity contribution in [3.63, 3.8) is 0 Å². The molecule has 84 valence electrons. The summed E-state index contributed by atoms with van der Waals surface area (Å²) in [6, 6.07) is 3.17. The monoisotopic (exact) mass is 240 g/mol. The smallest absolute Gasteiger partial charge is 0.295 e. The van der Waals surface area contributed by atoms with Crippen LogP contribution in [0, 0.1) is 0 Å². The molecule has 1 amide bonds. The summed E-state index contributed by atoms with van der Waals surface area (Å²) >= 11 is 5.75. The average Bonchev–Trinajstić information content (AvgIpc) is 2.30. The molecule has 1 aromatic rings. The standard InChI is InChI=1S/C10H9ClN2O3/c11-7-1-2-12-9(5-7)13-10(14)8-6-15-3-4-16-8/h1-2,5-6H,3-4H2,(H,12,13,14). The Morgan fingerprint density at radius 1 is 1.50 bits per heavy atom. The zero-order valence-corrected chi connectivity index (χ0v) is 9.03. The molecule has 0 unspecified atom stereocenters. The van der Waals surface area contributed by atoms with Crippen molar-refractivity contribution in [1.29, 1.82) is 0 Å². The summed E-state index contributed by atoms with van der Waals surface area (Å²) in [6.45, 7) is 0.814. The van der Waals surface area contributed by atoms with E-state index in [4.69, 9.17) is 21.1 Å². The number of nitrogens with zero attached hydrogens (tertiary/aromatic N) is 1. The normalized spacial score (nSPS) is 14.4. The Hall–Kier alpha value is -1.75. The van der Waals surface area contributed by atoms with Gasteiger partial charge in [-0.15, -0.1) is 0 Å². The summed E-state index contributed by atoms with van der Waals surface area (Å²) in [7, 11) is 0. The van der Waals surface area contributed by atoms with Crippen molar-refractivity contribution in [2.45, 2.75) is 0 Å². The minimum Gasteiger partial charge on any atom is -0.494 e. The Labute approximate surface area is 97.0 Å². The molecule has 1 aromatic heterocycles. The number of hydrogen-bond donors (Lipinski definition) is 1. The van der Waals surface area contributed by atoms with Crippen LogP contribution in [0.1, 0.15) is 0 Å². The number of carbonyl (C=O) groups is 1. The molecule has 1 aliphatic rings. The summed E-state index contributed by atoms with van der Waals surface area (Å²) in [5.74, 6) is 0.0927. The molecule has 0 fully saturated rings. The maximum absolute atomic E-state index is 11.6. The molecule has 1 aliphatic heterocycles. The van der Waals surface area contributed by atoms with Gasteiger partial charge in [0.15, 0.2) is 0 Å². The zero-order chi connectivity index (χ0) is 11.4. The second kappa shape index (κ2) is 4.85. The third-order valence-electron chi connectivity index (χ3n) is 1.84. The second-order valence-electron chi connectivity index (χ2n) is 3.01. The number of carbonyl (C=O) groups excluding carboxylic acids is 1. The van der Waals surface area contributed by atoms with Gasteiger partial charge < -0.3 is 14.8 Å². The third kappa shape index (κ3) is 2.64. The lowest BCUT2D eigenvalue weighted by molar-refractivity contribution is -0.117. The van der Waals surface area contributed by atoms with Crippen LogP contribution in [0.4, 0.5) is 5.82 Å². The van der Waals surface area contributed by atoms with Gasteiger partial charge in [-0.1, -0.05) is 11.6 Å². The molecule has 0 radical (unpaired) electrons. The van der Waals surface area contributed by atoms with Gasteiger partial charge in [0.1, 0.15) is 25.3 Å². The first-order valence-electron chi connectivity index (χ1n) is 4.63. The molecule has 0 saturated carbocycles. The van der Waals surface area contributed by atoms with Crippen LogP contribution < -0.4 is 5.32 Å². The molecule has 0 saturated heterocycles. The lowest BCUT2D eigenvalue weighted by atomic mass is 10.4. The van der Waals surface area contributed by atoms with E-state index in [2.05, 4.69) is 10.3 Å². The molecule has 0 aliphatic carbocycles. The Kier molecular flexibility index (Phi) is 3.26. The lowest BCUT2D eigenvalue weighted by Gasteiger charge is -2.14. The summed E-state index contributed by atoms with van der Waals surface area (Å²) < 4.78 is 10.1. The highest BCUT2D eigenvalue weighted by Gasteiger charge is 2.15. The fourth-order valence-electron chi connectivity index (χ4n) is 1.14. The van der Waals surface area contributed by atoms with E-state index in [0.29, 0.717) is 24.1 Å². The quantitative estimate of drug-likeness (QED) is 0.852. The van der Waals surface area contributed by atoms with Crippen LogP contribution in [0.3, 0.4) is 0 Å². The van der Waals surface area contributed by atoms with Gasteiger partial charge in [-0.3, -0.25) is 4.79 Å². The van der Waals surface area contributed by atoms with Gasteiger partial charge in [-0.25, -0.2) is 4.98 Å². The number of ether oxygens (including phenoxy) is 2. The van der Waals surface area contributed by atoms with Crippen LogP contribution in [0.2, 0.25) is 5.02 Å². The van der Waals surface area contributed by atoms with Crippen LogP contribution >= 0.6 is 11.6 Å². The maximum atomic E-state index is 11.6. The van der Waals surface area contributed by atoms with Crippen LogP contribution in [0.25, 0.3) is 0 Å². The SMILES string of the molecule is O=C(Nc1cc(Cl)ccn1)C1=COCCO1. The molecular formula is C10H9ClN2O3. The molecule has 0 atom stereocenters. The first kappa shape index (κ1) is 10.8. The number of aromatic nitrogens is 1. The van der Waals surface area contributed by atoms with E-state index in [9.17, 15) is 4.79 Å². The predicted octanol–water partition coefficient (Wildman–Crippen LogP) is 1.56. The number of nitrogens with one attached hydrogen (secondary N) is 1. The summed E-state index contributed by atoms with van der Waals surface area (Å²) in [5.41, 5.74) is 0. The minimum atomic E-state index is -0.408. The molecule has 16 heavy (non-hydrogen) atoms. The Morgan fingerprint density at radius 2 is 2.38 bits per heavy atom. The van der Waals surface area contributed by atoms with Crippen molar-refractivity contribution < 1.29 is 14.3 Å². The van der Waals surface area contributed by atoms with Crippen molar-refractivity contribution in [1.82, 2.24) is 4.98 Å². The largest absolute Gasteiger partial charge is 0.494 e. The van der Waals surface area contributed by atoms with E-state index < -0.39 is 5.91 Å². The first-order chi connectivity index (χ1) is 7.75. The van der Waals surface area contributed by atoms with Crippen molar-refractivity contribution in [2.75, 3.05) is 18.5 Å². The number of halogens is 1. The zero-order valence-electron chi connectivity index (χ0n) is 8.27. The van der Waals surface area contributed by atoms with Crippen molar-refractivity contribution >= 4 is 23.3 Å². The molecule has 0 spiro atoms. The van der Waals surface area contributed by atoms with Crippen LogP contribution in [0.5, 0.6) is 0 Å². The van der Waals surface area contributed by atoms with Gasteiger partial charge in [-0.05, 0) is 12.1 Å². The molecule has 2 heterocycles. The Morgan fingerprint density at radius 3 is 3.06 bits per heavy atom. The van der Waals surface area contributed by atoms with Gasteiger partial charge in [0, 0.05) is 11.2 Å². The highest BCUT2D eigenvalue weighted by Crippen LogP contribution is 2.13. The predicted molar refractivity (Wildman–Crippen MR) is 57.9 cm³/mol. The molecule has 6 heteroatoms. The van der Waals surface area contributed by atoms with Crippen molar-refractivity contribution in [3.05, 3.63) is 35.4 Å². The summed E-state index contributed by atoms with van der Waals surface area (Å²) in [4.78, 5) is 15.5. The molecule has 1 N–H and O–H groups in total. The fourth-order valence-corrected chi connectivity index (χ4v) is 1.30. The van der Waals surface area contributed by atoms with Crippen molar-refractivity contribution in [2.24, 2.45) is 0 Å². The Balaban J connectivity index is 2.04. The number of hydrogen-bond acceptors (Lipinski definition) is 4. The van der Waals surface area contributed by atoms with Gasteiger partial charge in [0.2, 0.25) is 5.76 Å². The van der Waals surface area contributed by atoms with Crippen LogP contribution in [0.15, 0.2) is 30.4 Å². The van der Waals surface area contributed by atoms with E-state index in [-0.39, 0.29) is 5.76 Å². The van der Waals surface area contributed by atoms with Gasteiger partial charge >= 0.3 is 0 Å². The van der Waals surface area contributed by atoms with Crippen molar-refractivity contribution in [3.8, 4) is 0 Å². The molecule has 5 nitrogen and oxygen atoms in total. The number of rotatable bonds is 2. The summed E-state index contributed by atoms with van der Waals surface area (Å²) in [6.07, 6.45) is 2.79. The third-order valence-corrected chi connectivity index (χ3v) is 2.07. The number of pyridine rings is 1. The van der Waals surface area contributed by atoms with Gasteiger partial charge in [0.05, 0.1) is 0 Å². The highest BCUT2D eigenvalue weighted by atomic mass is 35.5. The molecule has 2 rings (SSSR count). The lowest BCUT2D eigenvalue weighted by Crippen LogP contribution is -2.21. The number of amides is 1. The fraction of sp³-hybridized carbons (Fsp3) is 0.200. The number of anilines is 1. The van der Waals surface area contributed by atoms with Crippen LogP contribution in [-0.4, -0.2) is 24.1 Å². The van der Waals surface area contributed by atoms with E-state index in [1.165, 1.54) is 12.5 Å². The maximum Gasteiger partial charge on any atom is 0.295 e. The van der Waals surface area contributed by atoms with E-state index in [1.54, 1.807) is 12.1 Å². The van der Waals surface area contributed by atoms with Gasteiger partial charge in [0.25, 0.3) is 5.91 Å². The van der Waals surface area contributed by atoms with Crippen LogP contribution in [-0.2, 0) is 14.3 Å². The average molecular weight is 241 g/mol. The second-order valence-corrected chi connectivity index (χ2v) is 3.45. The van der Waals surface area contributed by atoms with E-state index in [0.717, 1.165) is 0 Å². The topological polar surface area (TPSA) is 60.5 Å². The highest BCUT2D eigenvalue weighted by molar-refractivity contribution is 6.30. The summed E-state index contributed by atoms with van der Waals surface area (Å²) in [5, 5.41) is 3.04. The van der Waals surface area contributed by atoms with Gasteiger partial charge in [-0.2, -0.15) is 0 Å². The molecular weight excluding hydrogens is 232 g/mol. The molecule has 0 bridgehead atoms. The minimum absolute atomic E-state index is 0.132. The molecule has 0 aromatic carbocycles. The van der Waals surface area contributed by atoms with E-state index >= 15 is 0 Å². The first-order valence-corrected chi connectivity index (χ1v) is 5.01. The Bertz CT molecular complexity index is 434. The van der Waals surface area contributed by atoms with E-state index in [1.807, 2.05) is 0 Å².